The predicted octanol–water partition coefficient (Wildman–Crippen LogP) is 3.33. The van der Waals surface area contributed by atoms with E-state index in [0.29, 0.717) is 0 Å². The quantitative estimate of drug-likeness (QED) is 0.508. The lowest BCUT2D eigenvalue weighted by Crippen LogP contribution is -2.06. The molecule has 0 bridgehead atoms. The number of nitrogens with one attached hydrogen (secondary N) is 1. The molecule has 1 aromatic rings. The maximum Gasteiger partial charge on any atom is 0.417 e. The smallest absolute Gasteiger partial charge is 0.417 e. The minimum atomic E-state index is -4.65. The molecule has 5 nitrogen and oxygen atoms in total. The molecule has 9 heteroatoms. The van der Waals surface area contributed by atoms with Crippen molar-refractivity contribution in [1.82, 2.24) is 4.91 Å². The second-order valence-corrected chi connectivity index (χ2v) is 3.62. The van der Waals surface area contributed by atoms with Crippen molar-refractivity contribution in [1.29, 1.82) is 5.53 Å². The van der Waals surface area contributed by atoms with Gasteiger partial charge in [-0.05, 0) is 17.7 Å². The van der Waals surface area contributed by atoms with E-state index in [0.717, 1.165) is 18.2 Å². The molecule has 0 fully saturated rings. The molecule has 1 rings (SSSR count). The van der Waals surface area contributed by atoms with Gasteiger partial charge in [-0.1, -0.05) is 23.7 Å². The molecule has 0 atom stereocenters. The number of alkyl halides is 3. The highest BCUT2D eigenvalue weighted by molar-refractivity contribution is 6.33. The topological polar surface area (TPSA) is 87.6 Å². The third-order valence-corrected chi connectivity index (χ3v) is 2.42. The number of aliphatic carboxylic acids is 1. The number of benzene rings is 1. The Morgan fingerprint density at radius 3 is 2.58 bits per heavy atom. The van der Waals surface area contributed by atoms with Crippen LogP contribution >= 0.6 is 11.6 Å². The first-order valence-corrected chi connectivity index (χ1v) is 5.03. The van der Waals surface area contributed by atoms with Gasteiger partial charge in [0.2, 0.25) is 10.6 Å². The molecule has 2 N–H and O–H groups in total. The van der Waals surface area contributed by atoms with Crippen LogP contribution in [0.2, 0.25) is 5.02 Å². The van der Waals surface area contributed by atoms with E-state index in [4.69, 9.17) is 22.2 Å². The number of carbonyl (C=O) groups is 1. The minimum Gasteiger partial charge on any atom is -0.476 e. The average Bonchev–Trinajstić information content (AvgIpc) is 2.29. The zero-order valence-corrected chi connectivity index (χ0v) is 9.83. The number of hydrogen-bond donors (Lipinski definition) is 2. The summed E-state index contributed by atoms with van der Waals surface area (Å²) in [6.07, 6.45) is -3.85. The molecule has 100 valence electrons. The molecule has 0 amide bonds. The fourth-order valence-corrected chi connectivity index (χ4v) is 1.50. The summed E-state index contributed by atoms with van der Waals surface area (Å²) in [6, 6.07) is 3.05. The normalized spacial score (nSPS) is 11.9. The second-order valence-electron chi connectivity index (χ2n) is 3.24. The lowest BCUT2D eigenvalue weighted by Gasteiger charge is -2.10. The highest BCUT2D eigenvalue weighted by Crippen LogP contribution is 2.36. The first kappa shape index (κ1) is 14.9. The lowest BCUT2D eigenvalue weighted by molar-refractivity contribution is -0.137. The number of nitrogens with zero attached hydrogens (tertiary/aromatic N) is 2. The van der Waals surface area contributed by atoms with Gasteiger partial charge in [0.05, 0.1) is 10.6 Å². The number of halogens is 4. The van der Waals surface area contributed by atoms with Crippen LogP contribution < -0.4 is 4.91 Å². The van der Waals surface area contributed by atoms with Crippen LogP contribution in [-0.2, 0) is 11.0 Å². The molecule has 0 saturated heterocycles. The van der Waals surface area contributed by atoms with E-state index in [9.17, 15) is 18.0 Å². The molecule has 0 heterocycles. The molecule has 1 aromatic carbocycles. The van der Waals surface area contributed by atoms with Crippen LogP contribution in [-0.4, -0.2) is 11.1 Å². The van der Waals surface area contributed by atoms with E-state index in [1.54, 1.807) is 0 Å². The molecule has 0 spiro atoms. The van der Waals surface area contributed by atoms with Gasteiger partial charge >= 0.3 is 12.1 Å². The molecule has 0 aliphatic heterocycles. The molecule has 0 aliphatic rings. The fourth-order valence-electron chi connectivity index (χ4n) is 1.21. The minimum absolute atomic E-state index is 0.179. The van der Waals surface area contributed by atoms with Gasteiger partial charge in [0.15, 0.2) is 5.11 Å². The van der Waals surface area contributed by atoms with Crippen LogP contribution in [0.3, 0.4) is 0 Å². The van der Waals surface area contributed by atoms with E-state index in [1.807, 2.05) is 0 Å². The molecular formula is C10H6ClF3N3O2+. The summed E-state index contributed by atoms with van der Waals surface area (Å²) in [7, 11) is 0. The number of carboxylic acids is 1. The van der Waals surface area contributed by atoms with Gasteiger partial charge < -0.3 is 5.11 Å². The van der Waals surface area contributed by atoms with Crippen LogP contribution in [0.15, 0.2) is 29.0 Å². The first-order valence-electron chi connectivity index (χ1n) is 4.65. The van der Waals surface area contributed by atoms with E-state index < -0.39 is 28.4 Å². The summed E-state index contributed by atoms with van der Waals surface area (Å²) < 4.78 is 37.7. The monoisotopic (exact) mass is 292 g/mol. The molecular weight excluding hydrogens is 287 g/mol. The summed E-state index contributed by atoms with van der Waals surface area (Å²) in [5, 5.41) is 11.0. The van der Waals surface area contributed by atoms with Crippen molar-refractivity contribution in [3.63, 3.8) is 0 Å². The first-order chi connectivity index (χ1) is 8.77. The largest absolute Gasteiger partial charge is 0.476 e. The average molecular weight is 293 g/mol. The lowest BCUT2D eigenvalue weighted by atomic mass is 10.1. The molecule has 0 unspecified atom stereocenters. The Morgan fingerprint density at radius 1 is 1.47 bits per heavy atom. The van der Waals surface area contributed by atoms with Crippen molar-refractivity contribution in [2.24, 2.45) is 5.11 Å². The maximum absolute atomic E-state index is 12.6. The summed E-state index contributed by atoms with van der Waals surface area (Å²) in [4.78, 5) is 13.2. The Labute approximate surface area is 109 Å². The Balaban J connectivity index is 3.41. The Morgan fingerprint density at radius 2 is 2.11 bits per heavy atom. The van der Waals surface area contributed by atoms with Gasteiger partial charge in [0.1, 0.15) is 5.53 Å². The van der Waals surface area contributed by atoms with E-state index in [1.165, 1.54) is 6.07 Å². The fraction of sp³-hybridized carbons (Fsp3) is 0.100. The Hall–Kier alpha value is -2.18. The molecule has 0 aliphatic carbocycles. The number of hydrogen-bond acceptors (Lipinski definition) is 3. The number of carboxylic acid groups (broad SMARTS) is 1. The standard InChI is InChI=1S/C10H5ClF3N3O2/c11-8-5(4-7(9(18)19)16-17-15)2-1-3-6(8)10(12,13)14/h1-4,15H/p+1/b7-4-. The molecule has 19 heavy (non-hydrogen) atoms. The van der Waals surface area contributed by atoms with Crippen LogP contribution in [0.4, 0.5) is 13.2 Å². The van der Waals surface area contributed by atoms with Gasteiger partial charge in [0.25, 0.3) is 0 Å². The van der Waals surface area contributed by atoms with Gasteiger partial charge in [0, 0.05) is 0 Å². The van der Waals surface area contributed by atoms with Crippen molar-refractivity contribution < 1.29 is 23.1 Å². The van der Waals surface area contributed by atoms with Gasteiger partial charge in [-0.25, -0.2) is 4.79 Å². The van der Waals surface area contributed by atoms with Crippen LogP contribution in [0.1, 0.15) is 11.1 Å². The summed E-state index contributed by atoms with van der Waals surface area (Å²) >= 11 is 5.57. The van der Waals surface area contributed by atoms with Crippen molar-refractivity contribution in [2.45, 2.75) is 6.18 Å². The molecule has 0 aromatic heterocycles. The van der Waals surface area contributed by atoms with E-state index in [2.05, 4.69) is 10.0 Å². The maximum atomic E-state index is 12.6. The third kappa shape index (κ3) is 3.64. The van der Waals surface area contributed by atoms with E-state index in [-0.39, 0.29) is 5.56 Å². The SMILES string of the molecule is N=[N+]=N/C(=C\c1cccc(C(F)(F)F)c1Cl)C(=O)O. The van der Waals surface area contributed by atoms with Crippen molar-refractivity contribution in [3.8, 4) is 0 Å². The zero-order chi connectivity index (χ0) is 14.6. The summed E-state index contributed by atoms with van der Waals surface area (Å²) in [5.74, 6) is -1.54. The highest BCUT2D eigenvalue weighted by Gasteiger charge is 2.33. The van der Waals surface area contributed by atoms with Crippen molar-refractivity contribution in [2.75, 3.05) is 0 Å². The summed E-state index contributed by atoms with van der Waals surface area (Å²) in [6.45, 7) is 0. The molecule has 0 radical (unpaired) electrons. The van der Waals surface area contributed by atoms with Crippen molar-refractivity contribution in [3.05, 3.63) is 40.0 Å². The van der Waals surface area contributed by atoms with Gasteiger partial charge in [-0.15, -0.1) is 0 Å². The van der Waals surface area contributed by atoms with E-state index >= 15 is 0 Å². The summed E-state index contributed by atoms with van der Waals surface area (Å²) in [5.41, 5.74) is 4.46. The third-order valence-electron chi connectivity index (χ3n) is 2.00. The second kappa shape index (κ2) is 5.64. The Bertz CT molecular complexity index is 588. The predicted molar refractivity (Wildman–Crippen MR) is 59.3 cm³/mol. The number of rotatable bonds is 3. The van der Waals surface area contributed by atoms with Crippen molar-refractivity contribution >= 4 is 23.6 Å². The highest BCUT2D eigenvalue weighted by atomic mass is 35.5. The van der Waals surface area contributed by atoms with Crippen LogP contribution in [0.25, 0.3) is 6.08 Å². The van der Waals surface area contributed by atoms with Gasteiger partial charge in [-0.3, -0.25) is 0 Å². The van der Waals surface area contributed by atoms with Crippen LogP contribution in [0, 0.1) is 5.53 Å². The Kier molecular flexibility index (Phi) is 4.42. The van der Waals surface area contributed by atoms with Crippen LogP contribution in [0.5, 0.6) is 0 Å². The zero-order valence-electron chi connectivity index (χ0n) is 9.07. The van der Waals surface area contributed by atoms with Gasteiger partial charge in [-0.2, -0.15) is 13.2 Å². The molecule has 0 saturated carbocycles.